The summed E-state index contributed by atoms with van der Waals surface area (Å²) in [6, 6.07) is -0.706. The molecule has 0 aromatic carbocycles. The van der Waals surface area contributed by atoms with E-state index in [0.717, 1.165) is 0 Å². The molecule has 0 bridgehead atoms. The van der Waals surface area contributed by atoms with Crippen LogP contribution in [0.3, 0.4) is 0 Å². The first kappa shape index (κ1) is 12.9. The fraction of sp³-hybridized carbons (Fsp3) is 0.500. The Kier molecular flexibility index (Phi) is 7.76. The third-order valence-electron chi connectivity index (χ3n) is 0.921. The van der Waals surface area contributed by atoms with E-state index in [1.807, 2.05) is 0 Å². The van der Waals surface area contributed by atoms with Crippen LogP contribution in [0.2, 0.25) is 0 Å². The second-order valence-electron chi connectivity index (χ2n) is 1.98. The van der Waals surface area contributed by atoms with Crippen LogP contribution in [0.1, 0.15) is 13.3 Å². The Morgan fingerprint density at radius 1 is 1.60 bits per heavy atom. The molecule has 0 aromatic rings. The summed E-state index contributed by atoms with van der Waals surface area (Å²) in [5.74, 6) is -0.468. The topological polar surface area (TPSA) is 60.2 Å². The molecule has 55 valence electrons. The van der Waals surface area contributed by atoms with Gasteiger partial charge in [0, 0.05) is 51.0 Å². The molecule has 0 aromatic heterocycles. The van der Waals surface area contributed by atoms with Crippen molar-refractivity contribution in [1.29, 1.82) is 0 Å². The molecule has 0 spiro atoms. The Hall–Kier alpha value is 0.274. The average molecular weight is 217 g/mol. The summed E-state index contributed by atoms with van der Waals surface area (Å²) in [6.07, 6.45) is 0.0995. The van der Waals surface area contributed by atoms with Gasteiger partial charge in [0.05, 0.1) is 0 Å². The molecule has 10 heavy (non-hydrogen) atoms. The molecular formula is C6H10NO2Y-. The van der Waals surface area contributed by atoms with Crippen LogP contribution in [0.15, 0.2) is 0 Å². The molecule has 0 heterocycles. The van der Waals surface area contributed by atoms with Gasteiger partial charge >= 0.3 is 0 Å². The molecule has 4 heteroatoms. The van der Waals surface area contributed by atoms with Gasteiger partial charge in [-0.1, -0.05) is 0 Å². The van der Waals surface area contributed by atoms with Crippen LogP contribution in [0.5, 0.6) is 0 Å². The number of hydrogen-bond acceptors (Lipinski definition) is 3. The second-order valence-corrected chi connectivity index (χ2v) is 1.98. The number of ketones is 2. The summed E-state index contributed by atoms with van der Waals surface area (Å²) in [5, 5.41) is 0. The molecule has 3 nitrogen and oxygen atoms in total. The molecule has 1 atom stereocenters. The molecule has 0 rings (SSSR count). The minimum atomic E-state index is -0.706. The van der Waals surface area contributed by atoms with Crippen LogP contribution in [0.25, 0.3) is 0 Å². The maximum Gasteiger partial charge on any atom is 0.131 e. The summed E-state index contributed by atoms with van der Waals surface area (Å²) in [5.41, 5.74) is 5.18. The fourth-order valence-corrected chi connectivity index (χ4v) is 0.424. The summed E-state index contributed by atoms with van der Waals surface area (Å²) < 4.78 is 0. The summed E-state index contributed by atoms with van der Waals surface area (Å²) >= 11 is 0. The first-order chi connectivity index (χ1) is 4.04. The monoisotopic (exact) mass is 217 g/mol. The zero-order chi connectivity index (χ0) is 7.44. The number of nitrogens with two attached hydrogens (primary N) is 1. The molecule has 1 unspecified atom stereocenters. The van der Waals surface area contributed by atoms with E-state index in [-0.39, 0.29) is 50.7 Å². The molecule has 1 radical (unpaired) electrons. The number of carbonyl (C=O) groups is 2. The molecule has 0 aliphatic rings. The molecular weight excluding hydrogens is 207 g/mol. The normalized spacial score (nSPS) is 11.4. The Labute approximate surface area is 85.6 Å². The Morgan fingerprint density at radius 2 is 2.00 bits per heavy atom. The standard InChI is InChI=1S/C6H10NO2.Y/c1-4(8)3-6(7)5(2)9;/h6H,2-3,7H2,1H3;/q-1;. The average Bonchev–Trinajstić information content (AvgIpc) is 1.63. The molecule has 0 saturated heterocycles. The predicted molar refractivity (Wildman–Crippen MR) is 33.6 cm³/mol. The maximum atomic E-state index is 10.3. The maximum absolute atomic E-state index is 10.3. The third kappa shape index (κ3) is 6.39. The van der Waals surface area contributed by atoms with Gasteiger partial charge in [0.1, 0.15) is 5.78 Å². The van der Waals surface area contributed by atoms with E-state index in [1.165, 1.54) is 6.92 Å². The minimum absolute atomic E-state index is 0. The largest absolute Gasteiger partial charge is 0.338 e. The van der Waals surface area contributed by atoms with Crippen molar-refractivity contribution in [3.05, 3.63) is 6.92 Å². The van der Waals surface area contributed by atoms with Gasteiger partial charge in [-0.25, -0.2) is 0 Å². The van der Waals surface area contributed by atoms with E-state index in [1.54, 1.807) is 0 Å². The zero-order valence-electron chi connectivity index (χ0n) is 5.96. The van der Waals surface area contributed by atoms with Gasteiger partial charge < -0.3 is 17.5 Å². The van der Waals surface area contributed by atoms with Gasteiger partial charge in [0.25, 0.3) is 0 Å². The zero-order valence-corrected chi connectivity index (χ0v) is 8.80. The molecule has 0 amide bonds. The van der Waals surface area contributed by atoms with Crippen LogP contribution in [0.4, 0.5) is 0 Å². The van der Waals surface area contributed by atoms with Gasteiger partial charge in [-0.15, -0.1) is 0 Å². The van der Waals surface area contributed by atoms with Crippen LogP contribution >= 0.6 is 0 Å². The third-order valence-corrected chi connectivity index (χ3v) is 0.921. The van der Waals surface area contributed by atoms with Gasteiger partial charge in [-0.2, -0.15) is 0 Å². The van der Waals surface area contributed by atoms with E-state index in [9.17, 15) is 9.59 Å². The first-order valence-electron chi connectivity index (χ1n) is 2.65. The fourth-order valence-electron chi connectivity index (χ4n) is 0.424. The van der Waals surface area contributed by atoms with Crippen molar-refractivity contribution in [3.63, 3.8) is 0 Å². The van der Waals surface area contributed by atoms with Crippen LogP contribution in [-0.2, 0) is 42.3 Å². The molecule has 0 aliphatic carbocycles. The number of rotatable bonds is 3. The van der Waals surface area contributed by atoms with E-state index >= 15 is 0 Å². The smallest absolute Gasteiger partial charge is 0.131 e. The first-order valence-corrected chi connectivity index (χ1v) is 2.65. The van der Waals surface area contributed by atoms with E-state index in [2.05, 4.69) is 6.92 Å². The van der Waals surface area contributed by atoms with Crippen LogP contribution in [0, 0.1) is 6.92 Å². The van der Waals surface area contributed by atoms with E-state index in [0.29, 0.717) is 0 Å². The van der Waals surface area contributed by atoms with Crippen molar-refractivity contribution in [1.82, 2.24) is 0 Å². The minimum Gasteiger partial charge on any atom is -0.338 e. The number of hydrogen-bond donors (Lipinski definition) is 1. The number of carbonyl (C=O) groups excluding carboxylic acids is 2. The summed E-state index contributed by atoms with van der Waals surface area (Å²) in [6.45, 7) is 4.47. The van der Waals surface area contributed by atoms with Crippen molar-refractivity contribution in [2.45, 2.75) is 19.4 Å². The van der Waals surface area contributed by atoms with Gasteiger partial charge in [0.15, 0.2) is 0 Å². The second kappa shape index (κ2) is 6.01. The van der Waals surface area contributed by atoms with Gasteiger partial charge in [-0.3, -0.25) is 4.79 Å². The Bertz CT molecular complexity index is 136. The number of Topliss-reactive ketones (excluding diaryl/α,β-unsaturated/α-hetero) is 2. The molecule has 2 N–H and O–H groups in total. The molecule has 0 fully saturated rings. The van der Waals surface area contributed by atoms with E-state index in [4.69, 9.17) is 5.73 Å². The van der Waals surface area contributed by atoms with Crippen LogP contribution in [-0.4, -0.2) is 17.6 Å². The van der Waals surface area contributed by atoms with Gasteiger partial charge in [0.2, 0.25) is 0 Å². The summed E-state index contributed by atoms with van der Waals surface area (Å²) in [7, 11) is 0. The molecule has 0 saturated carbocycles. The van der Waals surface area contributed by atoms with E-state index < -0.39 is 6.04 Å². The SMILES string of the molecule is [CH2-]C(=O)C(N)CC(C)=O.[Y]. The summed E-state index contributed by atoms with van der Waals surface area (Å²) in [4.78, 5) is 20.6. The van der Waals surface area contributed by atoms with Crippen molar-refractivity contribution < 1.29 is 42.3 Å². The van der Waals surface area contributed by atoms with Crippen molar-refractivity contribution >= 4 is 11.6 Å². The Balaban J connectivity index is 0. The predicted octanol–water partition coefficient (Wildman–Crippen LogP) is -0.307. The van der Waals surface area contributed by atoms with Crippen molar-refractivity contribution in [2.75, 3.05) is 0 Å². The quantitative estimate of drug-likeness (QED) is 0.660. The van der Waals surface area contributed by atoms with Crippen LogP contribution < -0.4 is 5.73 Å². The Morgan fingerprint density at radius 3 is 2.10 bits per heavy atom. The molecule has 0 aliphatic heterocycles. The van der Waals surface area contributed by atoms with Crippen molar-refractivity contribution in [3.8, 4) is 0 Å². The van der Waals surface area contributed by atoms with Gasteiger partial charge in [-0.05, 0) is 6.92 Å². The van der Waals surface area contributed by atoms with Crippen molar-refractivity contribution in [2.24, 2.45) is 5.73 Å².